The Bertz CT molecular complexity index is 1560. The number of nitrogens with one attached hydrogen (secondary N) is 1. The maximum Gasteiger partial charge on any atom is 0.266 e. The van der Waals surface area contributed by atoms with Gasteiger partial charge in [0.05, 0.1) is 26.7 Å². The SMILES string of the molecule is Cc1cc(Nc2ncc3c(=O)n(-c4c(Cl)cccc4Cl)cc(C#N)c3n2)ccc1N1CCC[C@H](N)C1. The number of para-hydroxylation sites is 1. The Hall–Kier alpha value is -3.64. The van der Waals surface area contributed by atoms with Gasteiger partial charge in [0, 0.05) is 42.9 Å². The zero-order chi connectivity index (χ0) is 25.4. The molecule has 4 aromatic rings. The number of nitriles is 1. The first-order chi connectivity index (χ1) is 17.4. The van der Waals surface area contributed by atoms with Crippen LogP contribution in [0.3, 0.4) is 0 Å². The van der Waals surface area contributed by atoms with E-state index in [0.29, 0.717) is 5.69 Å². The third-order valence-corrected chi connectivity index (χ3v) is 6.91. The third-order valence-electron chi connectivity index (χ3n) is 6.30. The van der Waals surface area contributed by atoms with Crippen molar-refractivity contribution in [2.45, 2.75) is 25.8 Å². The van der Waals surface area contributed by atoms with Gasteiger partial charge in [-0.15, -0.1) is 0 Å². The molecule has 0 unspecified atom stereocenters. The third kappa shape index (κ3) is 4.49. The van der Waals surface area contributed by atoms with Gasteiger partial charge in [-0.2, -0.15) is 5.26 Å². The largest absolute Gasteiger partial charge is 0.370 e. The van der Waals surface area contributed by atoms with Crippen LogP contribution >= 0.6 is 23.2 Å². The molecule has 10 heteroatoms. The highest BCUT2D eigenvalue weighted by Gasteiger charge is 2.19. The maximum atomic E-state index is 13.2. The van der Waals surface area contributed by atoms with Crippen molar-refractivity contribution < 1.29 is 0 Å². The summed E-state index contributed by atoms with van der Waals surface area (Å²) in [6.45, 7) is 3.89. The van der Waals surface area contributed by atoms with E-state index in [-0.39, 0.29) is 38.5 Å². The maximum absolute atomic E-state index is 13.2. The number of benzene rings is 2. The number of aryl methyl sites for hydroxylation is 1. The fourth-order valence-electron chi connectivity index (χ4n) is 4.60. The van der Waals surface area contributed by atoms with Crippen molar-refractivity contribution in [2.75, 3.05) is 23.3 Å². The number of anilines is 3. The Balaban J connectivity index is 1.49. The second-order valence-corrected chi connectivity index (χ2v) is 9.64. The minimum Gasteiger partial charge on any atom is -0.370 e. The molecule has 182 valence electrons. The number of fused-ring (bicyclic) bond motifs is 1. The van der Waals surface area contributed by atoms with Crippen molar-refractivity contribution in [3.63, 3.8) is 0 Å². The van der Waals surface area contributed by atoms with Gasteiger partial charge in [0.25, 0.3) is 5.56 Å². The molecule has 1 aliphatic heterocycles. The van der Waals surface area contributed by atoms with Gasteiger partial charge in [-0.05, 0) is 55.7 Å². The lowest BCUT2D eigenvalue weighted by Gasteiger charge is -2.33. The summed E-state index contributed by atoms with van der Waals surface area (Å²) in [5.41, 5.74) is 9.52. The number of rotatable bonds is 4. The fraction of sp³-hybridized carbons (Fsp3) is 0.231. The van der Waals surface area contributed by atoms with Gasteiger partial charge in [-0.25, -0.2) is 9.97 Å². The van der Waals surface area contributed by atoms with E-state index in [1.165, 1.54) is 17.0 Å². The predicted octanol–water partition coefficient (Wildman–Crippen LogP) is 4.94. The van der Waals surface area contributed by atoms with Crippen LogP contribution in [0.1, 0.15) is 24.0 Å². The first-order valence-electron chi connectivity index (χ1n) is 11.5. The number of hydrogen-bond donors (Lipinski definition) is 2. The van der Waals surface area contributed by atoms with Gasteiger partial charge in [0.1, 0.15) is 11.6 Å². The number of nitrogens with zero attached hydrogens (tertiary/aromatic N) is 5. The van der Waals surface area contributed by atoms with E-state index in [1.807, 2.05) is 12.1 Å². The van der Waals surface area contributed by atoms with E-state index >= 15 is 0 Å². The summed E-state index contributed by atoms with van der Waals surface area (Å²) in [6, 6.07) is 13.3. The van der Waals surface area contributed by atoms with Crippen LogP contribution in [0.4, 0.5) is 17.3 Å². The molecule has 3 heterocycles. The lowest BCUT2D eigenvalue weighted by atomic mass is 10.0. The van der Waals surface area contributed by atoms with Crippen LogP contribution in [0, 0.1) is 18.3 Å². The van der Waals surface area contributed by atoms with Gasteiger partial charge in [-0.3, -0.25) is 9.36 Å². The first-order valence-corrected chi connectivity index (χ1v) is 12.3. The highest BCUT2D eigenvalue weighted by atomic mass is 35.5. The molecule has 2 aromatic carbocycles. The van der Waals surface area contributed by atoms with Gasteiger partial charge < -0.3 is 16.0 Å². The van der Waals surface area contributed by atoms with Crippen LogP contribution in [0.25, 0.3) is 16.6 Å². The topological polar surface area (TPSA) is 113 Å². The van der Waals surface area contributed by atoms with Crippen molar-refractivity contribution in [3.8, 4) is 11.8 Å². The molecule has 0 radical (unpaired) electrons. The molecule has 3 N–H and O–H groups in total. The molecule has 8 nitrogen and oxygen atoms in total. The van der Waals surface area contributed by atoms with E-state index in [0.717, 1.165) is 42.9 Å². The number of pyridine rings is 1. The van der Waals surface area contributed by atoms with Gasteiger partial charge in [-0.1, -0.05) is 29.3 Å². The Morgan fingerprint density at radius 3 is 2.69 bits per heavy atom. The second-order valence-electron chi connectivity index (χ2n) is 8.83. The average Bonchev–Trinajstić information content (AvgIpc) is 2.85. The van der Waals surface area contributed by atoms with Crippen molar-refractivity contribution in [3.05, 3.63) is 80.3 Å². The van der Waals surface area contributed by atoms with Crippen molar-refractivity contribution >= 4 is 51.4 Å². The van der Waals surface area contributed by atoms with Gasteiger partial charge in [0.2, 0.25) is 5.95 Å². The van der Waals surface area contributed by atoms with E-state index in [1.54, 1.807) is 18.2 Å². The highest BCUT2D eigenvalue weighted by Crippen LogP contribution is 2.30. The summed E-state index contributed by atoms with van der Waals surface area (Å²) in [6.07, 6.45) is 4.94. The summed E-state index contributed by atoms with van der Waals surface area (Å²) >= 11 is 12.6. The summed E-state index contributed by atoms with van der Waals surface area (Å²) in [5, 5.41) is 13.7. The fourth-order valence-corrected chi connectivity index (χ4v) is 5.18. The Kier molecular flexibility index (Phi) is 6.54. The molecule has 36 heavy (non-hydrogen) atoms. The second kappa shape index (κ2) is 9.78. The zero-order valence-corrected chi connectivity index (χ0v) is 21.0. The quantitative estimate of drug-likeness (QED) is 0.392. The molecule has 1 atom stereocenters. The van der Waals surface area contributed by atoms with Crippen LogP contribution in [-0.4, -0.2) is 33.7 Å². The molecule has 1 aliphatic rings. The molecule has 0 bridgehead atoms. The normalized spacial score (nSPS) is 15.6. The summed E-state index contributed by atoms with van der Waals surface area (Å²) in [4.78, 5) is 24.4. The minimum absolute atomic E-state index is 0.184. The molecule has 0 amide bonds. The summed E-state index contributed by atoms with van der Waals surface area (Å²) in [7, 11) is 0. The van der Waals surface area contributed by atoms with Gasteiger partial charge in [0.15, 0.2) is 0 Å². The van der Waals surface area contributed by atoms with Crippen LogP contribution in [0.15, 0.2) is 53.6 Å². The van der Waals surface area contributed by atoms with Crippen LogP contribution in [0.5, 0.6) is 0 Å². The van der Waals surface area contributed by atoms with Crippen molar-refractivity contribution in [2.24, 2.45) is 5.73 Å². The molecule has 5 rings (SSSR count). The van der Waals surface area contributed by atoms with Crippen LogP contribution in [0.2, 0.25) is 10.0 Å². The van der Waals surface area contributed by atoms with Crippen molar-refractivity contribution in [1.82, 2.24) is 14.5 Å². The molecule has 0 spiro atoms. The van der Waals surface area contributed by atoms with E-state index in [2.05, 4.69) is 39.2 Å². The van der Waals surface area contributed by atoms with E-state index < -0.39 is 5.56 Å². The Labute approximate surface area is 217 Å². The number of hydrogen-bond acceptors (Lipinski definition) is 7. The van der Waals surface area contributed by atoms with E-state index in [4.69, 9.17) is 28.9 Å². The molecule has 1 fully saturated rings. The zero-order valence-electron chi connectivity index (χ0n) is 19.5. The lowest BCUT2D eigenvalue weighted by molar-refractivity contribution is 0.505. The Morgan fingerprint density at radius 1 is 1.22 bits per heavy atom. The first kappa shape index (κ1) is 24.1. The summed E-state index contributed by atoms with van der Waals surface area (Å²) in [5.74, 6) is 0.277. The smallest absolute Gasteiger partial charge is 0.266 e. The minimum atomic E-state index is -0.425. The summed E-state index contributed by atoms with van der Waals surface area (Å²) < 4.78 is 1.26. The molecule has 2 aromatic heterocycles. The van der Waals surface area contributed by atoms with E-state index in [9.17, 15) is 10.1 Å². The standard InChI is InChI=1S/C26H23Cl2N7O/c1-15-10-18(7-8-22(15)34-9-3-4-17(30)14-34)32-26-31-12-19-23(33-26)16(11-29)13-35(25(19)36)24-20(27)5-2-6-21(24)28/h2,5-8,10,12-13,17H,3-4,9,14,30H2,1H3,(H,31,32,33)/t17-/m0/s1. The monoisotopic (exact) mass is 519 g/mol. The molecule has 1 saturated heterocycles. The van der Waals surface area contributed by atoms with Crippen molar-refractivity contribution in [1.29, 1.82) is 5.26 Å². The van der Waals surface area contributed by atoms with Gasteiger partial charge >= 0.3 is 0 Å². The molecule has 0 saturated carbocycles. The Morgan fingerprint density at radius 2 is 2.00 bits per heavy atom. The number of nitrogens with two attached hydrogens (primary N) is 1. The number of halogens is 2. The highest BCUT2D eigenvalue weighted by molar-refractivity contribution is 6.37. The lowest BCUT2D eigenvalue weighted by Crippen LogP contribution is -2.43. The number of piperidine rings is 1. The number of aromatic nitrogens is 3. The molecule has 0 aliphatic carbocycles. The predicted molar refractivity (Wildman–Crippen MR) is 144 cm³/mol. The van der Waals surface area contributed by atoms with Crippen LogP contribution in [-0.2, 0) is 0 Å². The average molecular weight is 520 g/mol. The van der Waals surface area contributed by atoms with Crippen LogP contribution < -0.4 is 21.5 Å². The molecular weight excluding hydrogens is 497 g/mol. The molecular formula is C26H23Cl2N7O.